The quantitative estimate of drug-likeness (QED) is 0.615. The second-order valence-corrected chi connectivity index (χ2v) is 6.27. The van der Waals surface area contributed by atoms with Gasteiger partial charge in [0.05, 0.1) is 6.07 Å². The van der Waals surface area contributed by atoms with Crippen molar-refractivity contribution in [3.8, 4) is 6.07 Å². The van der Waals surface area contributed by atoms with Crippen molar-refractivity contribution in [2.24, 2.45) is 5.92 Å². The molecule has 3 nitrogen and oxygen atoms in total. The molecule has 2 aliphatic carbocycles. The van der Waals surface area contributed by atoms with Crippen LogP contribution >= 0.6 is 0 Å². The third-order valence-corrected chi connectivity index (χ3v) is 4.66. The largest absolute Gasteiger partial charge is 0.381 e. The molecule has 3 heteroatoms. The third-order valence-electron chi connectivity index (χ3n) is 4.66. The average molecular weight is 264 g/mol. The van der Waals surface area contributed by atoms with E-state index in [0.717, 1.165) is 38.4 Å². The van der Waals surface area contributed by atoms with Gasteiger partial charge in [0.15, 0.2) is 0 Å². The topological polar surface area (TPSA) is 45.0 Å². The Morgan fingerprint density at radius 1 is 1.26 bits per heavy atom. The SMILES string of the molecule is CCC(C#N)(CCCOCCC1CCC1)NC1CC1. The fourth-order valence-corrected chi connectivity index (χ4v) is 2.75. The van der Waals surface area contributed by atoms with Crippen molar-refractivity contribution < 1.29 is 4.74 Å². The molecule has 2 rings (SSSR count). The first-order valence-electron chi connectivity index (χ1n) is 8.05. The van der Waals surface area contributed by atoms with Gasteiger partial charge in [0, 0.05) is 19.3 Å². The van der Waals surface area contributed by atoms with Crippen LogP contribution in [0, 0.1) is 17.2 Å². The van der Waals surface area contributed by atoms with Crippen LogP contribution in [0.3, 0.4) is 0 Å². The molecule has 0 bridgehead atoms. The fourth-order valence-electron chi connectivity index (χ4n) is 2.75. The lowest BCUT2D eigenvalue weighted by atomic mass is 9.83. The Balaban J connectivity index is 1.55. The molecule has 108 valence electrons. The minimum atomic E-state index is -0.307. The summed E-state index contributed by atoms with van der Waals surface area (Å²) in [6, 6.07) is 3.09. The summed E-state index contributed by atoms with van der Waals surface area (Å²) >= 11 is 0. The zero-order valence-electron chi connectivity index (χ0n) is 12.3. The molecule has 1 atom stereocenters. The van der Waals surface area contributed by atoms with Gasteiger partial charge in [-0.1, -0.05) is 26.2 Å². The van der Waals surface area contributed by atoms with Crippen molar-refractivity contribution in [3.05, 3.63) is 0 Å². The molecular weight excluding hydrogens is 236 g/mol. The van der Waals surface area contributed by atoms with E-state index in [-0.39, 0.29) is 5.54 Å². The molecule has 1 unspecified atom stereocenters. The van der Waals surface area contributed by atoms with Crippen LogP contribution in [0.25, 0.3) is 0 Å². The van der Waals surface area contributed by atoms with Crippen LogP contribution in [0.4, 0.5) is 0 Å². The number of ether oxygens (including phenoxy) is 1. The molecule has 0 heterocycles. The smallest absolute Gasteiger partial charge is 0.106 e. The fraction of sp³-hybridized carbons (Fsp3) is 0.938. The number of nitrogens with zero attached hydrogens (tertiary/aromatic N) is 1. The maximum atomic E-state index is 9.41. The summed E-state index contributed by atoms with van der Waals surface area (Å²) in [5.74, 6) is 0.936. The summed E-state index contributed by atoms with van der Waals surface area (Å²) < 4.78 is 5.71. The number of rotatable bonds is 10. The van der Waals surface area contributed by atoms with Gasteiger partial charge in [-0.25, -0.2) is 0 Å². The van der Waals surface area contributed by atoms with Crippen LogP contribution in [0.5, 0.6) is 0 Å². The van der Waals surface area contributed by atoms with Crippen molar-refractivity contribution in [1.82, 2.24) is 5.32 Å². The first kappa shape index (κ1) is 14.8. The van der Waals surface area contributed by atoms with E-state index < -0.39 is 0 Å². The summed E-state index contributed by atoms with van der Waals surface area (Å²) in [6.45, 7) is 3.82. The van der Waals surface area contributed by atoms with Crippen LogP contribution < -0.4 is 5.32 Å². The lowest BCUT2D eigenvalue weighted by Gasteiger charge is -2.27. The molecule has 0 saturated heterocycles. The van der Waals surface area contributed by atoms with Crippen molar-refractivity contribution in [1.29, 1.82) is 5.26 Å². The molecule has 0 amide bonds. The van der Waals surface area contributed by atoms with Gasteiger partial charge >= 0.3 is 0 Å². The number of hydrogen-bond acceptors (Lipinski definition) is 3. The minimum Gasteiger partial charge on any atom is -0.381 e. The predicted octanol–water partition coefficient (Wildman–Crippen LogP) is 3.40. The summed E-state index contributed by atoms with van der Waals surface area (Å²) in [6.07, 6.45) is 10.7. The molecule has 0 aliphatic heterocycles. The molecule has 19 heavy (non-hydrogen) atoms. The Morgan fingerprint density at radius 3 is 2.58 bits per heavy atom. The Hall–Kier alpha value is -0.590. The van der Waals surface area contributed by atoms with Crippen LogP contribution in [0.15, 0.2) is 0 Å². The molecule has 0 radical (unpaired) electrons. The van der Waals surface area contributed by atoms with Gasteiger partial charge in [-0.2, -0.15) is 5.26 Å². The zero-order chi connectivity index (χ0) is 13.6. The van der Waals surface area contributed by atoms with Crippen LogP contribution in [0.1, 0.15) is 64.7 Å². The van der Waals surface area contributed by atoms with Crippen molar-refractivity contribution in [3.63, 3.8) is 0 Å². The van der Waals surface area contributed by atoms with Gasteiger partial charge in [0.25, 0.3) is 0 Å². The van der Waals surface area contributed by atoms with Gasteiger partial charge in [0.1, 0.15) is 5.54 Å². The van der Waals surface area contributed by atoms with E-state index in [1.165, 1.54) is 38.5 Å². The molecule has 2 aliphatic rings. The summed E-state index contributed by atoms with van der Waals surface area (Å²) in [5, 5.41) is 12.9. The summed E-state index contributed by atoms with van der Waals surface area (Å²) in [7, 11) is 0. The molecule has 1 N–H and O–H groups in total. The highest BCUT2D eigenvalue weighted by atomic mass is 16.5. The highest BCUT2D eigenvalue weighted by Gasteiger charge is 2.34. The molecular formula is C16H28N2O. The van der Waals surface area contributed by atoms with Gasteiger partial charge in [-0.3, -0.25) is 5.32 Å². The molecule has 2 fully saturated rings. The normalized spacial score (nSPS) is 22.5. The van der Waals surface area contributed by atoms with Crippen LogP contribution in [0.2, 0.25) is 0 Å². The van der Waals surface area contributed by atoms with Gasteiger partial charge in [-0.15, -0.1) is 0 Å². The maximum Gasteiger partial charge on any atom is 0.106 e. The van der Waals surface area contributed by atoms with E-state index in [0.29, 0.717) is 6.04 Å². The van der Waals surface area contributed by atoms with Gasteiger partial charge in [-0.05, 0) is 44.4 Å². The van der Waals surface area contributed by atoms with Crippen LogP contribution in [-0.2, 0) is 4.74 Å². The highest BCUT2D eigenvalue weighted by molar-refractivity contribution is 5.09. The standard InChI is InChI=1S/C16H28N2O/c1-2-16(13-17,18-15-7-8-15)10-4-11-19-12-9-14-5-3-6-14/h14-15,18H,2-12H2,1H3. The second-order valence-electron chi connectivity index (χ2n) is 6.27. The van der Waals surface area contributed by atoms with E-state index in [1.807, 2.05) is 0 Å². The Morgan fingerprint density at radius 2 is 2.05 bits per heavy atom. The molecule has 2 saturated carbocycles. The van der Waals surface area contributed by atoms with E-state index in [2.05, 4.69) is 18.3 Å². The van der Waals surface area contributed by atoms with E-state index in [1.54, 1.807) is 0 Å². The number of nitriles is 1. The molecule has 0 aromatic heterocycles. The maximum absolute atomic E-state index is 9.41. The highest BCUT2D eigenvalue weighted by Crippen LogP contribution is 2.29. The molecule has 0 aromatic carbocycles. The second kappa shape index (κ2) is 7.26. The lowest BCUT2D eigenvalue weighted by Crippen LogP contribution is -2.44. The average Bonchev–Trinajstić information content (AvgIpc) is 3.18. The monoisotopic (exact) mass is 264 g/mol. The molecule has 0 spiro atoms. The van der Waals surface area contributed by atoms with Gasteiger partial charge in [0.2, 0.25) is 0 Å². The Bertz CT molecular complexity index is 304. The summed E-state index contributed by atoms with van der Waals surface area (Å²) in [5.41, 5.74) is -0.307. The van der Waals surface area contributed by atoms with Gasteiger partial charge < -0.3 is 4.74 Å². The van der Waals surface area contributed by atoms with E-state index >= 15 is 0 Å². The van der Waals surface area contributed by atoms with Crippen molar-refractivity contribution in [2.45, 2.75) is 76.3 Å². The zero-order valence-corrected chi connectivity index (χ0v) is 12.3. The third kappa shape index (κ3) is 4.78. The lowest BCUT2D eigenvalue weighted by molar-refractivity contribution is 0.0998. The Labute approximate surface area is 117 Å². The van der Waals surface area contributed by atoms with Crippen LogP contribution in [-0.4, -0.2) is 24.8 Å². The van der Waals surface area contributed by atoms with Crippen molar-refractivity contribution in [2.75, 3.05) is 13.2 Å². The number of hydrogen-bond donors (Lipinski definition) is 1. The Kier molecular flexibility index (Phi) is 5.66. The first-order chi connectivity index (χ1) is 9.28. The van der Waals surface area contributed by atoms with E-state index in [9.17, 15) is 5.26 Å². The van der Waals surface area contributed by atoms with E-state index in [4.69, 9.17) is 4.74 Å². The van der Waals surface area contributed by atoms with Crippen molar-refractivity contribution >= 4 is 0 Å². The number of nitrogens with one attached hydrogen (secondary N) is 1. The molecule has 0 aromatic rings. The predicted molar refractivity (Wildman–Crippen MR) is 76.8 cm³/mol. The minimum absolute atomic E-state index is 0.307. The first-order valence-corrected chi connectivity index (χ1v) is 8.05. The summed E-state index contributed by atoms with van der Waals surface area (Å²) in [4.78, 5) is 0.